The van der Waals surface area contributed by atoms with Crippen LogP contribution in [0.4, 0.5) is 0 Å². The minimum atomic E-state index is -0.586. The Morgan fingerprint density at radius 1 is 0.741 bits per heavy atom. The Hall–Kier alpha value is -3.64. The summed E-state index contributed by atoms with van der Waals surface area (Å²) in [5.74, 6) is 0. The van der Waals surface area contributed by atoms with Crippen molar-refractivity contribution in [3.05, 3.63) is 126 Å². The van der Waals surface area contributed by atoms with Crippen LogP contribution >= 0.6 is 0 Å². The zero-order chi connectivity index (χ0) is 18.5. The molecule has 0 fully saturated rings. The van der Waals surface area contributed by atoms with Crippen molar-refractivity contribution in [3.8, 4) is 6.07 Å². The van der Waals surface area contributed by atoms with E-state index in [4.69, 9.17) is 5.26 Å². The molecule has 0 bridgehead atoms. The number of nitriles is 1. The van der Waals surface area contributed by atoms with Crippen LogP contribution in [0.5, 0.6) is 0 Å². The van der Waals surface area contributed by atoms with Crippen molar-refractivity contribution in [1.82, 2.24) is 9.78 Å². The highest BCUT2D eigenvalue weighted by atomic mass is 15.3. The molecule has 0 aliphatic heterocycles. The summed E-state index contributed by atoms with van der Waals surface area (Å²) in [6.45, 7) is 0. The molecule has 0 aliphatic carbocycles. The van der Waals surface area contributed by atoms with Gasteiger partial charge in [0.15, 0.2) is 0 Å². The fourth-order valence-corrected chi connectivity index (χ4v) is 3.68. The molecule has 0 saturated heterocycles. The van der Waals surface area contributed by atoms with E-state index in [0.29, 0.717) is 6.42 Å². The third-order valence-electron chi connectivity index (χ3n) is 4.89. The molecule has 0 unspecified atom stereocenters. The van der Waals surface area contributed by atoms with Crippen molar-refractivity contribution in [2.75, 3.05) is 0 Å². The number of aromatic nitrogens is 2. The highest BCUT2D eigenvalue weighted by molar-refractivity contribution is 5.50. The molecule has 4 rings (SSSR count). The lowest BCUT2D eigenvalue weighted by molar-refractivity contribution is 0.460. The molecular formula is C24H19N3. The van der Waals surface area contributed by atoms with Gasteiger partial charge >= 0.3 is 0 Å². The summed E-state index contributed by atoms with van der Waals surface area (Å²) in [7, 11) is 0. The highest BCUT2D eigenvalue weighted by Gasteiger charge is 2.38. The number of rotatable bonds is 5. The number of nitrogens with zero attached hydrogens (tertiary/aromatic N) is 3. The molecule has 0 N–H and O–H groups in total. The van der Waals surface area contributed by atoms with Crippen LogP contribution in [-0.2, 0) is 12.0 Å². The van der Waals surface area contributed by atoms with Gasteiger partial charge in [0.2, 0.25) is 0 Å². The lowest BCUT2D eigenvalue weighted by Crippen LogP contribution is -2.38. The molecule has 27 heavy (non-hydrogen) atoms. The topological polar surface area (TPSA) is 41.6 Å². The average molecular weight is 349 g/mol. The Kier molecular flexibility index (Phi) is 4.55. The van der Waals surface area contributed by atoms with Gasteiger partial charge in [-0.1, -0.05) is 84.9 Å². The maximum Gasteiger partial charge on any atom is 0.137 e. The lowest BCUT2D eigenvalue weighted by Gasteiger charge is -2.36. The molecule has 3 heteroatoms. The average Bonchev–Trinajstić information content (AvgIpc) is 3.27. The fraction of sp³-hybridized carbons (Fsp3) is 0.0833. The second kappa shape index (κ2) is 7.31. The van der Waals surface area contributed by atoms with E-state index >= 15 is 0 Å². The van der Waals surface area contributed by atoms with Crippen molar-refractivity contribution in [3.63, 3.8) is 0 Å². The molecule has 0 radical (unpaired) electrons. The number of hydrogen-bond acceptors (Lipinski definition) is 2. The van der Waals surface area contributed by atoms with Crippen LogP contribution in [0.15, 0.2) is 103 Å². The summed E-state index contributed by atoms with van der Waals surface area (Å²) in [6.07, 6.45) is 4.22. The van der Waals surface area contributed by atoms with E-state index in [-0.39, 0.29) is 0 Å². The molecule has 0 saturated carbocycles. The molecule has 0 aliphatic rings. The fourth-order valence-electron chi connectivity index (χ4n) is 3.68. The Morgan fingerprint density at radius 3 is 1.78 bits per heavy atom. The third kappa shape index (κ3) is 2.92. The first-order valence-corrected chi connectivity index (χ1v) is 8.93. The van der Waals surface area contributed by atoms with E-state index in [9.17, 15) is 0 Å². The predicted octanol–water partition coefficient (Wildman–Crippen LogP) is 4.79. The molecule has 1 aromatic heterocycles. The van der Waals surface area contributed by atoms with E-state index in [1.165, 1.54) is 0 Å². The van der Waals surface area contributed by atoms with E-state index in [0.717, 1.165) is 22.3 Å². The molecule has 3 aromatic carbocycles. The van der Waals surface area contributed by atoms with E-state index in [1.807, 2.05) is 47.4 Å². The first kappa shape index (κ1) is 16.8. The van der Waals surface area contributed by atoms with Crippen LogP contribution in [0, 0.1) is 11.3 Å². The Labute approximate surface area is 159 Å². The first-order valence-electron chi connectivity index (χ1n) is 8.93. The van der Waals surface area contributed by atoms with E-state index < -0.39 is 5.54 Å². The molecule has 0 atom stereocenters. The van der Waals surface area contributed by atoms with Gasteiger partial charge < -0.3 is 0 Å². The molecule has 1 heterocycles. The lowest BCUT2D eigenvalue weighted by atomic mass is 9.77. The minimum Gasteiger partial charge on any atom is -0.253 e. The van der Waals surface area contributed by atoms with E-state index in [2.05, 4.69) is 71.8 Å². The summed E-state index contributed by atoms with van der Waals surface area (Å²) in [4.78, 5) is 0. The van der Waals surface area contributed by atoms with Gasteiger partial charge in [-0.2, -0.15) is 10.4 Å². The summed E-state index contributed by atoms with van der Waals surface area (Å²) >= 11 is 0. The number of hydrogen-bond donors (Lipinski definition) is 0. The first-order chi connectivity index (χ1) is 13.4. The predicted molar refractivity (Wildman–Crippen MR) is 106 cm³/mol. The second-order valence-electron chi connectivity index (χ2n) is 6.42. The summed E-state index contributed by atoms with van der Waals surface area (Å²) in [5, 5.41) is 13.6. The molecule has 3 nitrogen and oxygen atoms in total. The largest absolute Gasteiger partial charge is 0.253 e. The zero-order valence-electron chi connectivity index (χ0n) is 14.9. The van der Waals surface area contributed by atoms with Gasteiger partial charge in [0.05, 0.1) is 12.5 Å². The van der Waals surface area contributed by atoms with Crippen molar-refractivity contribution >= 4 is 0 Å². The van der Waals surface area contributed by atoms with Gasteiger partial charge in [-0.15, -0.1) is 0 Å². The normalized spacial score (nSPS) is 11.1. The maximum atomic E-state index is 8.99. The minimum absolute atomic E-state index is 0.408. The zero-order valence-corrected chi connectivity index (χ0v) is 14.9. The van der Waals surface area contributed by atoms with Crippen LogP contribution in [0.25, 0.3) is 0 Å². The van der Waals surface area contributed by atoms with Crippen molar-refractivity contribution in [2.45, 2.75) is 12.0 Å². The van der Waals surface area contributed by atoms with Gasteiger partial charge in [0.25, 0.3) is 0 Å². The van der Waals surface area contributed by atoms with E-state index in [1.54, 1.807) is 0 Å². The molecular weight excluding hydrogens is 330 g/mol. The van der Waals surface area contributed by atoms with Gasteiger partial charge in [0, 0.05) is 12.4 Å². The smallest absolute Gasteiger partial charge is 0.137 e. The van der Waals surface area contributed by atoms with Crippen LogP contribution < -0.4 is 0 Å². The van der Waals surface area contributed by atoms with Crippen LogP contribution in [-0.4, -0.2) is 9.78 Å². The third-order valence-corrected chi connectivity index (χ3v) is 4.89. The van der Waals surface area contributed by atoms with Gasteiger partial charge in [-0.3, -0.25) is 4.68 Å². The molecule has 4 aromatic rings. The van der Waals surface area contributed by atoms with Gasteiger partial charge in [-0.25, -0.2) is 0 Å². The molecule has 0 spiro atoms. The maximum absolute atomic E-state index is 8.99. The Balaban J connectivity index is 2.04. The quantitative estimate of drug-likeness (QED) is 0.486. The second-order valence-corrected chi connectivity index (χ2v) is 6.42. The van der Waals surface area contributed by atoms with Gasteiger partial charge in [-0.05, 0) is 28.3 Å². The highest BCUT2D eigenvalue weighted by Crippen LogP contribution is 2.40. The standard InChI is InChI=1S/C24H19N3/c25-17-16-20-12-14-23(15-13-20)24(27-19-7-18-26-27,21-8-3-1-4-9-21)22-10-5-2-6-11-22/h1-15,18-19H,16H2. The van der Waals surface area contributed by atoms with Crippen molar-refractivity contribution in [2.24, 2.45) is 0 Å². The summed E-state index contributed by atoms with van der Waals surface area (Å²) in [6, 6.07) is 33.3. The van der Waals surface area contributed by atoms with Crippen LogP contribution in [0.2, 0.25) is 0 Å². The molecule has 0 amide bonds. The Bertz CT molecular complexity index is 989. The SMILES string of the molecule is N#CCc1ccc(C(c2ccccc2)(c2ccccc2)n2cccn2)cc1. The van der Waals surface area contributed by atoms with Gasteiger partial charge in [0.1, 0.15) is 5.54 Å². The van der Waals surface area contributed by atoms with Crippen LogP contribution in [0.3, 0.4) is 0 Å². The monoisotopic (exact) mass is 349 g/mol. The van der Waals surface area contributed by atoms with Crippen molar-refractivity contribution in [1.29, 1.82) is 5.26 Å². The number of benzene rings is 3. The summed E-state index contributed by atoms with van der Waals surface area (Å²) < 4.78 is 2.01. The van der Waals surface area contributed by atoms with Crippen molar-refractivity contribution < 1.29 is 0 Å². The Morgan fingerprint density at radius 2 is 1.30 bits per heavy atom. The summed E-state index contributed by atoms with van der Waals surface area (Å²) in [5.41, 5.74) is 3.79. The molecule has 130 valence electrons. The van der Waals surface area contributed by atoms with Crippen LogP contribution in [0.1, 0.15) is 22.3 Å².